The Balaban J connectivity index is 1.56. The molecule has 0 spiro atoms. The molecule has 0 radical (unpaired) electrons. The molecule has 4 nitrogen and oxygen atoms in total. The lowest BCUT2D eigenvalue weighted by molar-refractivity contribution is -0.164. The van der Waals surface area contributed by atoms with Gasteiger partial charge < -0.3 is 9.47 Å². The molecule has 1 saturated carbocycles. The fraction of sp³-hybridized carbons (Fsp3) is 0.364. The van der Waals surface area contributed by atoms with Gasteiger partial charge in [-0.05, 0) is 24.0 Å². The molecule has 0 bridgehead atoms. The van der Waals surface area contributed by atoms with E-state index in [-0.39, 0.29) is 25.2 Å². The van der Waals surface area contributed by atoms with Crippen LogP contribution in [0.2, 0.25) is 0 Å². The molecular formula is C22H24O4. The molecule has 2 aromatic carbocycles. The van der Waals surface area contributed by atoms with Gasteiger partial charge in [0.05, 0.1) is 11.8 Å². The van der Waals surface area contributed by atoms with Crippen LogP contribution in [0.25, 0.3) is 0 Å². The van der Waals surface area contributed by atoms with Gasteiger partial charge >= 0.3 is 11.9 Å². The number of benzene rings is 2. The van der Waals surface area contributed by atoms with E-state index in [1.807, 2.05) is 60.7 Å². The molecule has 1 fully saturated rings. The van der Waals surface area contributed by atoms with Gasteiger partial charge in [0.15, 0.2) is 0 Å². The molecule has 2 aromatic rings. The first kappa shape index (κ1) is 18.2. The van der Waals surface area contributed by atoms with Crippen molar-refractivity contribution in [2.45, 2.75) is 38.9 Å². The lowest BCUT2D eigenvalue weighted by Crippen LogP contribution is -2.34. The van der Waals surface area contributed by atoms with Gasteiger partial charge in [0.1, 0.15) is 13.2 Å². The van der Waals surface area contributed by atoms with Crippen LogP contribution in [0.15, 0.2) is 60.7 Å². The van der Waals surface area contributed by atoms with E-state index in [0.717, 1.165) is 24.0 Å². The average Bonchev–Trinajstić information content (AvgIpc) is 2.72. The highest BCUT2D eigenvalue weighted by Crippen LogP contribution is 2.32. The molecule has 3 rings (SSSR count). The zero-order valence-corrected chi connectivity index (χ0v) is 14.8. The van der Waals surface area contributed by atoms with Gasteiger partial charge in [0.25, 0.3) is 0 Å². The van der Waals surface area contributed by atoms with E-state index >= 15 is 0 Å². The zero-order valence-electron chi connectivity index (χ0n) is 14.8. The third-order valence-corrected chi connectivity index (χ3v) is 4.82. The van der Waals surface area contributed by atoms with Gasteiger partial charge in [-0.3, -0.25) is 9.59 Å². The van der Waals surface area contributed by atoms with Crippen molar-refractivity contribution in [1.29, 1.82) is 0 Å². The van der Waals surface area contributed by atoms with Gasteiger partial charge in [-0.2, -0.15) is 0 Å². The Labute approximate surface area is 154 Å². The molecule has 0 heterocycles. The molecule has 0 aromatic heterocycles. The van der Waals surface area contributed by atoms with Crippen molar-refractivity contribution >= 4 is 11.9 Å². The van der Waals surface area contributed by atoms with Crippen molar-refractivity contribution in [2.24, 2.45) is 11.8 Å². The minimum absolute atomic E-state index is 0.238. The van der Waals surface area contributed by atoms with E-state index in [0.29, 0.717) is 12.8 Å². The monoisotopic (exact) mass is 352 g/mol. The fourth-order valence-electron chi connectivity index (χ4n) is 3.37. The molecule has 2 atom stereocenters. The van der Waals surface area contributed by atoms with E-state index in [9.17, 15) is 9.59 Å². The Morgan fingerprint density at radius 3 is 1.46 bits per heavy atom. The second-order valence-electron chi connectivity index (χ2n) is 6.68. The van der Waals surface area contributed by atoms with Crippen molar-refractivity contribution in [2.75, 3.05) is 0 Å². The van der Waals surface area contributed by atoms with Crippen LogP contribution in [-0.2, 0) is 32.3 Å². The third-order valence-electron chi connectivity index (χ3n) is 4.82. The van der Waals surface area contributed by atoms with E-state index in [2.05, 4.69) is 0 Å². The summed E-state index contributed by atoms with van der Waals surface area (Å²) in [5.41, 5.74) is 1.89. The van der Waals surface area contributed by atoms with Gasteiger partial charge in [-0.1, -0.05) is 73.5 Å². The largest absolute Gasteiger partial charge is 0.461 e. The van der Waals surface area contributed by atoms with Crippen molar-refractivity contribution < 1.29 is 19.1 Å². The molecule has 1 aliphatic carbocycles. The minimum Gasteiger partial charge on any atom is -0.461 e. The van der Waals surface area contributed by atoms with Crippen molar-refractivity contribution in [3.8, 4) is 0 Å². The molecule has 0 amide bonds. The van der Waals surface area contributed by atoms with Gasteiger partial charge in [0, 0.05) is 0 Å². The number of carbonyl (C=O) groups is 2. The van der Waals surface area contributed by atoms with E-state index in [1.165, 1.54) is 0 Å². The van der Waals surface area contributed by atoms with Crippen LogP contribution in [0.5, 0.6) is 0 Å². The van der Waals surface area contributed by atoms with E-state index in [4.69, 9.17) is 9.47 Å². The highest BCUT2D eigenvalue weighted by molar-refractivity contribution is 5.82. The summed E-state index contributed by atoms with van der Waals surface area (Å²) in [7, 11) is 0. The molecular weight excluding hydrogens is 328 g/mol. The minimum atomic E-state index is -0.407. The molecule has 4 heteroatoms. The number of hydrogen-bond acceptors (Lipinski definition) is 4. The maximum absolute atomic E-state index is 12.5. The molecule has 0 aliphatic heterocycles. The summed E-state index contributed by atoms with van der Waals surface area (Å²) in [4.78, 5) is 25.1. The summed E-state index contributed by atoms with van der Waals surface area (Å²) in [5.74, 6) is -1.41. The molecule has 1 aliphatic rings. The first-order valence-corrected chi connectivity index (χ1v) is 9.15. The number of carbonyl (C=O) groups excluding carboxylic acids is 2. The number of hydrogen-bond donors (Lipinski definition) is 0. The number of ether oxygens (including phenoxy) is 2. The second-order valence-corrected chi connectivity index (χ2v) is 6.68. The summed E-state index contributed by atoms with van der Waals surface area (Å²) >= 11 is 0. The molecule has 0 saturated heterocycles. The van der Waals surface area contributed by atoms with Crippen LogP contribution in [0.1, 0.15) is 36.8 Å². The lowest BCUT2D eigenvalue weighted by Gasteiger charge is -2.28. The third kappa shape index (κ3) is 4.94. The Bertz CT molecular complexity index is 648. The topological polar surface area (TPSA) is 52.6 Å². The predicted octanol–water partition coefficient (Wildman–Crippen LogP) is 4.28. The lowest BCUT2D eigenvalue weighted by atomic mass is 9.79. The van der Waals surface area contributed by atoms with Crippen LogP contribution in [0.3, 0.4) is 0 Å². The van der Waals surface area contributed by atoms with Crippen molar-refractivity contribution in [3.63, 3.8) is 0 Å². The number of esters is 2. The van der Waals surface area contributed by atoms with Crippen LogP contribution < -0.4 is 0 Å². The molecule has 26 heavy (non-hydrogen) atoms. The summed E-state index contributed by atoms with van der Waals surface area (Å²) in [6.07, 6.45) is 3.23. The van der Waals surface area contributed by atoms with Crippen LogP contribution in [-0.4, -0.2) is 11.9 Å². The second kappa shape index (κ2) is 9.18. The summed E-state index contributed by atoms with van der Waals surface area (Å²) in [5, 5.41) is 0. The van der Waals surface area contributed by atoms with Crippen LogP contribution >= 0.6 is 0 Å². The highest BCUT2D eigenvalue weighted by atomic mass is 16.5. The number of rotatable bonds is 6. The maximum Gasteiger partial charge on any atom is 0.310 e. The van der Waals surface area contributed by atoms with Crippen LogP contribution in [0, 0.1) is 11.8 Å². The van der Waals surface area contributed by atoms with Crippen molar-refractivity contribution in [3.05, 3.63) is 71.8 Å². The van der Waals surface area contributed by atoms with Gasteiger partial charge in [-0.25, -0.2) is 0 Å². The Morgan fingerprint density at radius 1 is 0.692 bits per heavy atom. The van der Waals surface area contributed by atoms with E-state index in [1.54, 1.807) is 0 Å². The summed E-state index contributed by atoms with van der Waals surface area (Å²) in [6, 6.07) is 19.2. The van der Waals surface area contributed by atoms with E-state index < -0.39 is 11.8 Å². The molecule has 136 valence electrons. The Hall–Kier alpha value is -2.62. The van der Waals surface area contributed by atoms with Crippen molar-refractivity contribution in [1.82, 2.24) is 0 Å². The first-order chi connectivity index (χ1) is 12.7. The summed E-state index contributed by atoms with van der Waals surface area (Å²) < 4.78 is 10.9. The predicted molar refractivity (Wildman–Crippen MR) is 97.9 cm³/mol. The summed E-state index contributed by atoms with van der Waals surface area (Å²) in [6.45, 7) is 0.476. The average molecular weight is 352 g/mol. The highest BCUT2D eigenvalue weighted by Gasteiger charge is 2.37. The van der Waals surface area contributed by atoms with Crippen LogP contribution in [0.4, 0.5) is 0 Å². The smallest absolute Gasteiger partial charge is 0.310 e. The SMILES string of the molecule is O=C(OCc1ccccc1)[C@H]1CCCC[C@H]1C(=O)OCc1ccccc1. The maximum atomic E-state index is 12.5. The zero-order chi connectivity index (χ0) is 18.2. The van der Waals surface area contributed by atoms with Gasteiger partial charge in [0.2, 0.25) is 0 Å². The molecule has 0 N–H and O–H groups in total. The fourth-order valence-corrected chi connectivity index (χ4v) is 3.37. The molecule has 0 unspecified atom stereocenters. The Kier molecular flexibility index (Phi) is 6.42. The first-order valence-electron chi connectivity index (χ1n) is 9.15. The Morgan fingerprint density at radius 2 is 1.08 bits per heavy atom. The normalized spacial score (nSPS) is 19.5. The van der Waals surface area contributed by atoms with Gasteiger partial charge in [-0.15, -0.1) is 0 Å². The standard InChI is InChI=1S/C22H24O4/c23-21(25-15-17-9-3-1-4-10-17)19-13-7-8-14-20(19)22(24)26-16-18-11-5-2-6-12-18/h1-6,9-12,19-20H,7-8,13-16H2/t19-,20+. The quantitative estimate of drug-likeness (QED) is 0.728.